The lowest BCUT2D eigenvalue weighted by Crippen LogP contribution is -2.53. The Balaban J connectivity index is 1.25. The first kappa shape index (κ1) is 27.9. The van der Waals surface area contributed by atoms with Crippen LogP contribution in [0.2, 0.25) is 0 Å². The summed E-state index contributed by atoms with van der Waals surface area (Å²) in [5, 5.41) is 0. The molecule has 0 radical (unpaired) electrons. The van der Waals surface area contributed by atoms with Crippen LogP contribution < -0.4 is 0 Å². The molecule has 0 amide bonds. The molecule has 7 atom stereocenters. The zero-order valence-corrected chi connectivity index (χ0v) is 24.5. The van der Waals surface area contributed by atoms with Crippen molar-refractivity contribution in [2.75, 3.05) is 13.2 Å². The molecule has 0 bridgehead atoms. The Morgan fingerprint density at radius 3 is 2.45 bits per heavy atom. The van der Waals surface area contributed by atoms with E-state index in [0.29, 0.717) is 41.9 Å². The topological polar surface area (TPSA) is 61.8 Å². The minimum atomic E-state index is -3.20. The summed E-state index contributed by atoms with van der Waals surface area (Å²) in [7, 11) is -3.20. The zero-order valence-electron chi connectivity index (χ0n) is 23.6. The molecule has 1 aromatic rings. The number of esters is 1. The van der Waals surface area contributed by atoms with E-state index in [4.69, 9.17) is 13.8 Å². The molecule has 0 spiro atoms. The van der Waals surface area contributed by atoms with Gasteiger partial charge in [-0.05, 0) is 117 Å². The van der Waals surface area contributed by atoms with Gasteiger partial charge in [0.1, 0.15) is 6.10 Å². The number of rotatable bonds is 8. The highest BCUT2D eigenvalue weighted by atomic mass is 31.2. The van der Waals surface area contributed by atoms with Crippen LogP contribution in [0.3, 0.4) is 0 Å². The molecule has 208 valence electrons. The molecule has 5 nitrogen and oxygen atoms in total. The number of hydrogen-bond acceptors (Lipinski definition) is 5. The monoisotopic (exact) mass is 540 g/mol. The summed E-state index contributed by atoms with van der Waals surface area (Å²) in [4.78, 5) is 12.7. The van der Waals surface area contributed by atoms with Crippen LogP contribution in [0, 0.1) is 34.5 Å². The predicted octanol–water partition coefficient (Wildman–Crippen LogP) is 8.57. The Morgan fingerprint density at radius 2 is 1.74 bits per heavy atom. The third-order valence-corrected chi connectivity index (χ3v) is 12.3. The van der Waals surface area contributed by atoms with Gasteiger partial charge in [0.2, 0.25) is 0 Å². The van der Waals surface area contributed by atoms with Crippen molar-refractivity contribution < 1.29 is 23.1 Å². The lowest BCUT2D eigenvalue weighted by molar-refractivity contribution is -0.119. The van der Waals surface area contributed by atoms with Crippen molar-refractivity contribution in [3.05, 3.63) is 59.4 Å². The van der Waals surface area contributed by atoms with Crippen LogP contribution in [0.5, 0.6) is 0 Å². The van der Waals surface area contributed by atoms with Crippen LogP contribution in [0.25, 0.3) is 0 Å². The van der Waals surface area contributed by atoms with E-state index in [1.807, 2.05) is 50.3 Å². The van der Waals surface area contributed by atoms with Gasteiger partial charge < -0.3 is 13.8 Å². The second-order valence-electron chi connectivity index (χ2n) is 12.4. The maximum Gasteiger partial charge on any atom is 0.354 e. The van der Waals surface area contributed by atoms with Gasteiger partial charge in [0.25, 0.3) is 0 Å². The largest absolute Gasteiger partial charge is 0.459 e. The van der Waals surface area contributed by atoms with Gasteiger partial charge in [-0.1, -0.05) is 44.2 Å². The molecule has 1 aromatic carbocycles. The van der Waals surface area contributed by atoms with Gasteiger partial charge in [0, 0.05) is 5.82 Å². The van der Waals surface area contributed by atoms with E-state index in [0.717, 1.165) is 38.0 Å². The lowest BCUT2D eigenvalue weighted by Gasteiger charge is -2.60. The number of hydrogen-bond donors (Lipinski definition) is 0. The predicted molar refractivity (Wildman–Crippen MR) is 151 cm³/mol. The lowest BCUT2D eigenvalue weighted by atomic mass is 9.44. The van der Waals surface area contributed by atoms with Crippen molar-refractivity contribution in [1.29, 1.82) is 0 Å². The molecule has 0 aromatic heterocycles. The van der Waals surface area contributed by atoms with Crippen LogP contribution in [0.1, 0.15) is 89.4 Å². The molecule has 2 unspecified atom stereocenters. The fraction of sp³-hybridized carbons (Fsp3) is 0.656. The number of ether oxygens (including phenoxy) is 1. The molecule has 6 heteroatoms. The van der Waals surface area contributed by atoms with Gasteiger partial charge in [-0.3, -0.25) is 4.57 Å². The Bertz CT molecular complexity index is 1100. The second-order valence-corrected chi connectivity index (χ2v) is 14.3. The first-order valence-corrected chi connectivity index (χ1v) is 16.4. The molecule has 3 saturated carbocycles. The van der Waals surface area contributed by atoms with Crippen molar-refractivity contribution in [2.45, 2.75) is 85.2 Å². The maximum atomic E-state index is 13.0. The summed E-state index contributed by atoms with van der Waals surface area (Å²) >= 11 is 0. The van der Waals surface area contributed by atoms with Crippen LogP contribution in [-0.4, -0.2) is 25.3 Å². The highest BCUT2D eigenvalue weighted by Gasteiger charge is 2.58. The van der Waals surface area contributed by atoms with Crippen LogP contribution in [0.4, 0.5) is 0 Å². The standard InChI is InChI=1S/C32H45O5P/c1-5-35-38(34,36-6-2)21-18-24-13-15-28-27-14-12-25-22-26(37-30(33)23-10-8-7-9-11-23)16-19-32(25,4)29(27)17-20-31(24,28)3/h7-11,13,18,21,25-29H,5-6,12,14-17,19-20,22H2,1-4H3/b21-18+/t25?,26?,27-,28-,29-,31+,32-/m0/s1. The average Bonchev–Trinajstić information content (AvgIpc) is 3.25. The molecule has 0 heterocycles. The molecule has 3 fully saturated rings. The quantitative estimate of drug-likeness (QED) is 0.244. The van der Waals surface area contributed by atoms with Gasteiger partial charge in [-0.25, -0.2) is 4.79 Å². The van der Waals surface area contributed by atoms with E-state index in [-0.39, 0.29) is 17.5 Å². The van der Waals surface area contributed by atoms with Gasteiger partial charge >= 0.3 is 13.6 Å². The Hall–Kier alpha value is -1.68. The third-order valence-electron chi connectivity index (χ3n) is 10.6. The molecular formula is C32H45O5P. The number of carbonyl (C=O) groups excluding carboxylic acids is 1. The molecule has 0 aliphatic heterocycles. The fourth-order valence-electron chi connectivity index (χ4n) is 8.63. The number of benzene rings is 1. The molecular weight excluding hydrogens is 495 g/mol. The van der Waals surface area contributed by atoms with Crippen molar-refractivity contribution in [2.24, 2.45) is 34.5 Å². The van der Waals surface area contributed by atoms with Gasteiger partial charge in [0.15, 0.2) is 0 Å². The smallest absolute Gasteiger partial charge is 0.354 e. The highest BCUT2D eigenvalue weighted by molar-refractivity contribution is 7.57. The van der Waals surface area contributed by atoms with E-state index in [2.05, 4.69) is 19.9 Å². The first-order valence-electron chi connectivity index (χ1n) is 14.8. The van der Waals surface area contributed by atoms with Gasteiger partial charge in [0.05, 0.1) is 18.8 Å². The molecule has 4 aliphatic carbocycles. The summed E-state index contributed by atoms with van der Waals surface area (Å²) in [6.45, 7) is 9.41. The zero-order chi connectivity index (χ0) is 27.0. The van der Waals surface area contributed by atoms with Crippen LogP contribution >= 0.6 is 7.60 Å². The highest BCUT2D eigenvalue weighted by Crippen LogP contribution is 2.66. The fourth-order valence-corrected chi connectivity index (χ4v) is 9.94. The van der Waals surface area contributed by atoms with E-state index in [9.17, 15) is 9.36 Å². The summed E-state index contributed by atoms with van der Waals surface area (Å²) < 4.78 is 30.0. The van der Waals surface area contributed by atoms with E-state index < -0.39 is 7.60 Å². The molecule has 38 heavy (non-hydrogen) atoms. The average molecular weight is 541 g/mol. The van der Waals surface area contributed by atoms with E-state index in [1.165, 1.54) is 24.8 Å². The summed E-state index contributed by atoms with van der Waals surface area (Å²) in [5.74, 6) is 4.20. The number of allylic oxidation sites excluding steroid dienone is 3. The number of fused-ring (bicyclic) bond motifs is 5. The summed E-state index contributed by atoms with van der Waals surface area (Å²) in [6.07, 6.45) is 13.5. The van der Waals surface area contributed by atoms with Crippen LogP contribution in [-0.2, 0) is 18.3 Å². The second kappa shape index (κ2) is 11.1. The normalized spacial score (nSPS) is 36.7. The van der Waals surface area contributed by atoms with Crippen molar-refractivity contribution >= 4 is 13.6 Å². The Labute approximate surface area is 228 Å². The van der Waals surface area contributed by atoms with E-state index >= 15 is 0 Å². The SMILES string of the molecule is CCOP(=O)(/C=C/C1=CC[C@H]2[C@@H]3CCC4CC(OC(=O)c5ccccc5)CC[C@]4(C)[C@H]3CC[C@]12C)OCC. The summed E-state index contributed by atoms with van der Waals surface area (Å²) in [5.41, 5.74) is 2.39. The van der Waals surface area contributed by atoms with Crippen molar-refractivity contribution in [3.8, 4) is 0 Å². The molecule has 0 N–H and O–H groups in total. The third kappa shape index (κ3) is 5.11. The van der Waals surface area contributed by atoms with Crippen LogP contribution in [0.15, 0.2) is 53.9 Å². The van der Waals surface area contributed by atoms with Crippen molar-refractivity contribution in [1.82, 2.24) is 0 Å². The summed E-state index contributed by atoms with van der Waals surface area (Å²) in [6, 6.07) is 9.39. The Kier molecular flexibility index (Phi) is 8.11. The minimum Gasteiger partial charge on any atom is -0.459 e. The van der Waals surface area contributed by atoms with Gasteiger partial charge in [-0.15, -0.1) is 0 Å². The maximum absolute atomic E-state index is 13.0. The molecule has 4 aliphatic rings. The number of carbonyl (C=O) groups is 1. The Morgan fingerprint density at radius 1 is 1.00 bits per heavy atom. The van der Waals surface area contributed by atoms with E-state index in [1.54, 1.807) is 5.82 Å². The molecule has 0 saturated heterocycles. The minimum absolute atomic E-state index is 0.0300. The molecule has 5 rings (SSSR count). The first-order chi connectivity index (χ1) is 18.2. The van der Waals surface area contributed by atoms with Gasteiger partial charge in [-0.2, -0.15) is 0 Å². The van der Waals surface area contributed by atoms with Crippen molar-refractivity contribution in [3.63, 3.8) is 0 Å².